The first-order chi connectivity index (χ1) is 18.4. The van der Waals surface area contributed by atoms with Crippen LogP contribution in [0.2, 0.25) is 0 Å². The van der Waals surface area contributed by atoms with Crippen LogP contribution in [0.5, 0.6) is 11.5 Å². The molecular weight excluding hydrogens is 487 g/mol. The molecule has 0 unspecified atom stereocenters. The van der Waals surface area contributed by atoms with E-state index in [0.717, 1.165) is 18.5 Å². The van der Waals surface area contributed by atoms with Crippen molar-refractivity contribution in [1.29, 1.82) is 0 Å². The maximum atomic E-state index is 13.4. The van der Waals surface area contributed by atoms with Crippen molar-refractivity contribution in [1.82, 2.24) is 24.3 Å². The molecule has 0 saturated carbocycles. The molecule has 2 fully saturated rings. The van der Waals surface area contributed by atoms with Gasteiger partial charge in [0.2, 0.25) is 5.91 Å². The summed E-state index contributed by atoms with van der Waals surface area (Å²) in [5.74, 6) is 8.00. The lowest BCUT2D eigenvalue weighted by Crippen LogP contribution is -2.28. The van der Waals surface area contributed by atoms with E-state index in [1.54, 1.807) is 26.4 Å². The van der Waals surface area contributed by atoms with Crippen molar-refractivity contribution in [2.24, 2.45) is 0 Å². The molecule has 0 radical (unpaired) electrons. The van der Waals surface area contributed by atoms with Gasteiger partial charge in [-0.05, 0) is 25.0 Å². The predicted molar refractivity (Wildman–Crippen MR) is 143 cm³/mol. The van der Waals surface area contributed by atoms with Gasteiger partial charge in [-0.3, -0.25) is 9.69 Å². The largest absolute Gasteiger partial charge is 0.497 e. The number of alkyl halides is 1. The van der Waals surface area contributed by atoms with Crippen LogP contribution in [0, 0.1) is 11.8 Å². The van der Waals surface area contributed by atoms with Crippen molar-refractivity contribution >= 4 is 22.8 Å². The molecule has 38 heavy (non-hydrogen) atoms. The molecule has 1 amide bonds. The molecule has 0 spiro atoms. The van der Waals surface area contributed by atoms with Crippen LogP contribution < -0.4 is 15.2 Å². The number of nitrogen functional groups attached to an aromatic ring is 1. The first-order valence-corrected chi connectivity index (χ1v) is 12.6. The minimum atomic E-state index is -0.763. The van der Waals surface area contributed by atoms with Crippen LogP contribution in [0.1, 0.15) is 30.0 Å². The lowest BCUT2D eigenvalue weighted by atomic mass is 10.1. The van der Waals surface area contributed by atoms with Crippen LogP contribution in [-0.2, 0) is 4.79 Å². The number of likely N-dealkylation sites (tertiary alicyclic amines) is 2. The van der Waals surface area contributed by atoms with E-state index in [4.69, 9.17) is 15.2 Å². The summed E-state index contributed by atoms with van der Waals surface area (Å²) in [7, 11) is 3.19. The molecule has 10 heteroatoms. The number of nitrogens with two attached hydrogens (primary N) is 1. The normalized spacial score (nSPS) is 19.7. The number of methoxy groups -OCH3 is 2. The summed E-state index contributed by atoms with van der Waals surface area (Å²) in [6, 6.07) is 5.49. The zero-order valence-corrected chi connectivity index (χ0v) is 21.6. The zero-order valence-electron chi connectivity index (χ0n) is 21.6. The number of rotatable bonds is 6. The fourth-order valence-electron chi connectivity index (χ4n) is 5.03. The Morgan fingerprint density at radius 1 is 1.13 bits per heavy atom. The van der Waals surface area contributed by atoms with Gasteiger partial charge < -0.3 is 24.7 Å². The van der Waals surface area contributed by atoms with E-state index in [9.17, 15) is 9.18 Å². The number of anilines is 1. The summed E-state index contributed by atoms with van der Waals surface area (Å²) in [5.41, 5.74) is 8.38. The van der Waals surface area contributed by atoms with Gasteiger partial charge in [0, 0.05) is 56.6 Å². The van der Waals surface area contributed by atoms with E-state index >= 15 is 0 Å². The summed E-state index contributed by atoms with van der Waals surface area (Å²) < 4.78 is 26.1. The van der Waals surface area contributed by atoms with Gasteiger partial charge in [0.1, 0.15) is 35.5 Å². The second-order valence-corrected chi connectivity index (χ2v) is 9.53. The zero-order chi connectivity index (χ0) is 26.6. The second kappa shape index (κ2) is 11.1. The molecular formula is C28H31FN6O3. The van der Waals surface area contributed by atoms with Crippen LogP contribution >= 0.6 is 0 Å². The fraction of sp³-hybridized carbons (Fsp3) is 0.393. The number of amides is 1. The quantitative estimate of drug-likeness (QED) is 0.396. The molecule has 2 aliphatic heterocycles. The third-order valence-corrected chi connectivity index (χ3v) is 7.04. The molecule has 1 aromatic carbocycles. The van der Waals surface area contributed by atoms with Gasteiger partial charge in [-0.25, -0.2) is 14.4 Å². The van der Waals surface area contributed by atoms with Crippen LogP contribution in [0.25, 0.3) is 11.0 Å². The molecule has 4 heterocycles. The Balaban J connectivity index is 1.35. The van der Waals surface area contributed by atoms with Gasteiger partial charge in [0.15, 0.2) is 0 Å². The van der Waals surface area contributed by atoms with E-state index < -0.39 is 6.17 Å². The standard InChI is InChI=1S/C28H31FN6O3/c1-37-23-12-19(13-24(14-23)38-2)5-6-20-15-35(28-26(20)27(30)31-18-32-28)22-8-11-34(17-22)25(36)4-3-9-33-10-7-21(29)16-33/h3-4,12-15,18,21-22H,7-11,16-17H2,1-2H3,(H2,30,31,32)/t21-,22+/m1/s1. The molecule has 2 atom stereocenters. The first-order valence-electron chi connectivity index (χ1n) is 12.6. The van der Waals surface area contributed by atoms with E-state index in [1.807, 2.05) is 38.8 Å². The average molecular weight is 519 g/mol. The third-order valence-electron chi connectivity index (χ3n) is 7.04. The van der Waals surface area contributed by atoms with Gasteiger partial charge in [-0.1, -0.05) is 17.9 Å². The van der Waals surface area contributed by atoms with Crippen molar-refractivity contribution in [3.8, 4) is 23.3 Å². The van der Waals surface area contributed by atoms with E-state index in [-0.39, 0.29) is 11.9 Å². The maximum absolute atomic E-state index is 13.4. The highest BCUT2D eigenvalue weighted by Crippen LogP contribution is 2.31. The monoisotopic (exact) mass is 518 g/mol. The number of hydrogen-bond donors (Lipinski definition) is 1. The second-order valence-electron chi connectivity index (χ2n) is 9.53. The van der Waals surface area contributed by atoms with Crippen LogP contribution in [-0.4, -0.2) is 83.4 Å². The number of halogens is 1. The molecule has 0 bridgehead atoms. The first kappa shape index (κ1) is 25.5. The molecule has 0 aliphatic carbocycles. The summed E-state index contributed by atoms with van der Waals surface area (Å²) >= 11 is 0. The van der Waals surface area contributed by atoms with E-state index in [2.05, 4.69) is 21.8 Å². The number of ether oxygens (including phenoxy) is 2. The molecule has 3 aromatic rings. The minimum Gasteiger partial charge on any atom is -0.497 e. The molecule has 9 nitrogen and oxygen atoms in total. The summed E-state index contributed by atoms with van der Waals surface area (Å²) in [5, 5.41) is 0.691. The highest BCUT2D eigenvalue weighted by atomic mass is 19.1. The number of benzene rings is 1. The summed E-state index contributed by atoms with van der Waals surface area (Å²) in [6.45, 7) is 2.94. The number of nitrogens with zero attached hydrogens (tertiary/aromatic N) is 5. The number of carbonyl (C=O) groups is 1. The molecule has 198 valence electrons. The van der Waals surface area contributed by atoms with Crippen LogP contribution in [0.4, 0.5) is 10.2 Å². The summed E-state index contributed by atoms with van der Waals surface area (Å²) in [6.07, 6.45) is 7.39. The Bertz CT molecular complexity index is 1400. The van der Waals surface area contributed by atoms with Gasteiger partial charge in [0.25, 0.3) is 0 Å². The lowest BCUT2D eigenvalue weighted by Gasteiger charge is -2.16. The Morgan fingerprint density at radius 2 is 1.92 bits per heavy atom. The van der Waals surface area contributed by atoms with Crippen LogP contribution in [0.3, 0.4) is 0 Å². The number of fused-ring (bicyclic) bond motifs is 1. The average Bonchev–Trinajstić information content (AvgIpc) is 3.66. The van der Waals surface area contributed by atoms with Crippen molar-refractivity contribution in [2.45, 2.75) is 25.1 Å². The van der Waals surface area contributed by atoms with Gasteiger partial charge in [0.05, 0.1) is 31.2 Å². The molecule has 5 rings (SSSR count). The number of carbonyl (C=O) groups excluding carboxylic acids is 1. The fourth-order valence-corrected chi connectivity index (χ4v) is 5.03. The topological polar surface area (TPSA) is 98.7 Å². The Hall–Kier alpha value is -4.10. The Labute approximate surface area is 221 Å². The van der Waals surface area contributed by atoms with Gasteiger partial charge in [-0.2, -0.15) is 0 Å². The van der Waals surface area contributed by atoms with Crippen molar-refractivity contribution in [2.75, 3.05) is 52.7 Å². The molecule has 2 aliphatic rings. The SMILES string of the molecule is COc1cc(C#Cc2cn([C@H]3CCN(C(=O)C=CCN4CC[C@@H](F)C4)C3)c3ncnc(N)c23)cc(OC)c1. The maximum Gasteiger partial charge on any atom is 0.246 e. The Morgan fingerprint density at radius 3 is 2.63 bits per heavy atom. The Kier molecular flexibility index (Phi) is 7.47. The highest BCUT2D eigenvalue weighted by Gasteiger charge is 2.28. The van der Waals surface area contributed by atoms with E-state index in [0.29, 0.717) is 66.5 Å². The van der Waals surface area contributed by atoms with Gasteiger partial charge >= 0.3 is 0 Å². The predicted octanol–water partition coefficient (Wildman–Crippen LogP) is 2.80. The van der Waals surface area contributed by atoms with Crippen LogP contribution in [0.15, 0.2) is 42.9 Å². The van der Waals surface area contributed by atoms with E-state index in [1.165, 1.54) is 6.33 Å². The van der Waals surface area contributed by atoms with Crippen molar-refractivity contribution in [3.63, 3.8) is 0 Å². The third kappa shape index (κ3) is 5.43. The molecule has 2 aromatic heterocycles. The van der Waals surface area contributed by atoms with Crippen molar-refractivity contribution in [3.05, 3.63) is 54.0 Å². The lowest BCUT2D eigenvalue weighted by molar-refractivity contribution is -0.125. The molecule has 2 N–H and O–H groups in total. The van der Waals surface area contributed by atoms with Crippen molar-refractivity contribution < 1.29 is 18.7 Å². The van der Waals surface area contributed by atoms with Gasteiger partial charge in [-0.15, -0.1) is 0 Å². The molecule has 2 saturated heterocycles. The minimum absolute atomic E-state index is 0.0301. The summed E-state index contributed by atoms with van der Waals surface area (Å²) in [4.78, 5) is 25.3. The highest BCUT2D eigenvalue weighted by molar-refractivity contribution is 5.92. The smallest absolute Gasteiger partial charge is 0.246 e. The number of hydrogen-bond acceptors (Lipinski definition) is 7. The number of aromatic nitrogens is 3.